The molecule has 4 nitrogen and oxygen atoms in total. The average Bonchev–Trinajstić information content (AvgIpc) is 2.85. The van der Waals surface area contributed by atoms with Crippen LogP contribution in [0.2, 0.25) is 0 Å². The fourth-order valence-electron chi connectivity index (χ4n) is 3.75. The summed E-state index contributed by atoms with van der Waals surface area (Å²) in [5.74, 6) is -0.603. The van der Waals surface area contributed by atoms with Gasteiger partial charge in [-0.1, -0.05) is 79.7 Å². The second-order valence-electron chi connectivity index (χ2n) is 8.13. The first-order chi connectivity index (χ1) is 16.1. The van der Waals surface area contributed by atoms with Crippen LogP contribution in [0.15, 0.2) is 84.9 Å². The predicted molar refractivity (Wildman–Crippen MR) is 129 cm³/mol. The highest BCUT2D eigenvalue weighted by Crippen LogP contribution is 2.17. The smallest absolute Gasteiger partial charge is 0.243 e. The van der Waals surface area contributed by atoms with Gasteiger partial charge in [-0.25, -0.2) is 4.39 Å². The maximum atomic E-state index is 13.5. The van der Waals surface area contributed by atoms with E-state index in [-0.39, 0.29) is 30.6 Å². The molecule has 0 saturated heterocycles. The Bertz CT molecular complexity index is 1010. The molecule has 0 fully saturated rings. The first-order valence-corrected chi connectivity index (χ1v) is 11.5. The van der Waals surface area contributed by atoms with Crippen LogP contribution < -0.4 is 5.32 Å². The number of amides is 2. The van der Waals surface area contributed by atoms with Crippen molar-refractivity contribution in [3.63, 3.8) is 0 Å². The van der Waals surface area contributed by atoms with Crippen LogP contribution in [0.5, 0.6) is 0 Å². The van der Waals surface area contributed by atoms with Gasteiger partial charge in [0, 0.05) is 25.9 Å². The van der Waals surface area contributed by atoms with Gasteiger partial charge in [-0.3, -0.25) is 9.59 Å². The molecular weight excluding hydrogens is 415 g/mol. The number of hydrogen-bond donors (Lipinski definition) is 1. The minimum Gasteiger partial charge on any atom is -0.354 e. The Morgan fingerprint density at radius 2 is 1.45 bits per heavy atom. The lowest BCUT2D eigenvalue weighted by Gasteiger charge is -2.31. The lowest BCUT2D eigenvalue weighted by atomic mass is 10.0. The zero-order valence-electron chi connectivity index (χ0n) is 19.0. The quantitative estimate of drug-likeness (QED) is 0.454. The summed E-state index contributed by atoms with van der Waals surface area (Å²) in [5.41, 5.74) is 2.84. The van der Waals surface area contributed by atoms with Crippen molar-refractivity contribution in [2.75, 3.05) is 6.54 Å². The van der Waals surface area contributed by atoms with E-state index in [1.54, 1.807) is 17.0 Å². The van der Waals surface area contributed by atoms with E-state index in [0.29, 0.717) is 19.4 Å². The zero-order chi connectivity index (χ0) is 23.5. The molecule has 0 unspecified atom stereocenters. The summed E-state index contributed by atoms with van der Waals surface area (Å²) in [4.78, 5) is 28.3. The Balaban J connectivity index is 1.87. The van der Waals surface area contributed by atoms with Gasteiger partial charge in [0.2, 0.25) is 11.8 Å². The van der Waals surface area contributed by atoms with E-state index in [0.717, 1.165) is 23.1 Å². The van der Waals surface area contributed by atoms with Crippen LogP contribution in [0.4, 0.5) is 4.39 Å². The van der Waals surface area contributed by atoms with E-state index in [1.807, 2.05) is 67.6 Å². The van der Waals surface area contributed by atoms with Crippen LogP contribution in [-0.2, 0) is 29.0 Å². The van der Waals surface area contributed by atoms with Gasteiger partial charge < -0.3 is 10.2 Å². The van der Waals surface area contributed by atoms with Gasteiger partial charge in [-0.15, -0.1) is 0 Å². The molecule has 0 aliphatic heterocycles. The van der Waals surface area contributed by atoms with Gasteiger partial charge in [0.05, 0.1) is 0 Å². The number of halogens is 1. The lowest BCUT2D eigenvalue weighted by Crippen LogP contribution is -2.50. The van der Waals surface area contributed by atoms with Crippen LogP contribution in [0.25, 0.3) is 0 Å². The Kier molecular flexibility index (Phi) is 9.19. The molecule has 0 bridgehead atoms. The van der Waals surface area contributed by atoms with Crippen LogP contribution in [0, 0.1) is 5.82 Å². The van der Waals surface area contributed by atoms with Gasteiger partial charge >= 0.3 is 0 Å². The lowest BCUT2D eigenvalue weighted by molar-refractivity contribution is -0.141. The largest absolute Gasteiger partial charge is 0.354 e. The van der Waals surface area contributed by atoms with E-state index in [9.17, 15) is 14.0 Å². The molecule has 0 heterocycles. The van der Waals surface area contributed by atoms with Gasteiger partial charge in [0.15, 0.2) is 0 Å². The third-order valence-corrected chi connectivity index (χ3v) is 5.56. The molecule has 1 atom stereocenters. The molecule has 0 aliphatic carbocycles. The zero-order valence-corrected chi connectivity index (χ0v) is 19.0. The van der Waals surface area contributed by atoms with Crippen molar-refractivity contribution in [1.29, 1.82) is 0 Å². The number of nitrogens with one attached hydrogen (secondary N) is 1. The third-order valence-electron chi connectivity index (χ3n) is 5.56. The van der Waals surface area contributed by atoms with Gasteiger partial charge in [0.1, 0.15) is 11.9 Å². The number of rotatable bonds is 11. The molecule has 1 N–H and O–H groups in total. The molecule has 0 spiro atoms. The Morgan fingerprint density at radius 3 is 2.06 bits per heavy atom. The Morgan fingerprint density at radius 1 is 0.848 bits per heavy atom. The van der Waals surface area contributed by atoms with Crippen molar-refractivity contribution in [2.45, 2.75) is 45.2 Å². The number of carbonyl (C=O) groups excluding carboxylic acids is 2. The molecule has 2 amide bonds. The molecule has 33 heavy (non-hydrogen) atoms. The predicted octanol–water partition coefficient (Wildman–Crippen LogP) is 4.92. The van der Waals surface area contributed by atoms with Crippen molar-refractivity contribution in [3.05, 3.63) is 107 Å². The summed E-state index contributed by atoms with van der Waals surface area (Å²) in [5, 5.41) is 2.96. The van der Waals surface area contributed by atoms with Crippen molar-refractivity contribution >= 4 is 11.8 Å². The second-order valence-corrected chi connectivity index (χ2v) is 8.13. The SMILES string of the molecule is CCCNC(=O)[C@@H](Cc1ccccc1)N(Cc1ccc(F)cc1)C(=O)CCc1ccccc1. The molecule has 3 rings (SSSR count). The average molecular weight is 447 g/mol. The third kappa shape index (κ3) is 7.56. The number of hydrogen-bond acceptors (Lipinski definition) is 2. The highest BCUT2D eigenvalue weighted by atomic mass is 19.1. The number of nitrogens with zero attached hydrogens (tertiary/aromatic N) is 1. The number of benzene rings is 3. The van der Waals surface area contributed by atoms with E-state index in [1.165, 1.54) is 12.1 Å². The number of aryl methyl sites for hydroxylation is 1. The minimum atomic E-state index is -0.660. The van der Waals surface area contributed by atoms with Gasteiger partial charge in [0.25, 0.3) is 0 Å². The van der Waals surface area contributed by atoms with Crippen LogP contribution >= 0.6 is 0 Å². The highest BCUT2D eigenvalue weighted by Gasteiger charge is 2.30. The Hall–Kier alpha value is -3.47. The van der Waals surface area contributed by atoms with Crippen LogP contribution in [0.3, 0.4) is 0 Å². The van der Waals surface area contributed by atoms with Crippen molar-refractivity contribution in [1.82, 2.24) is 10.2 Å². The maximum Gasteiger partial charge on any atom is 0.243 e. The summed E-state index contributed by atoms with van der Waals surface area (Å²) in [6, 6.07) is 25.0. The summed E-state index contributed by atoms with van der Waals surface area (Å²) in [6.45, 7) is 2.78. The summed E-state index contributed by atoms with van der Waals surface area (Å²) >= 11 is 0. The summed E-state index contributed by atoms with van der Waals surface area (Å²) in [7, 11) is 0. The van der Waals surface area contributed by atoms with Crippen LogP contribution in [0.1, 0.15) is 36.5 Å². The monoisotopic (exact) mass is 446 g/mol. The van der Waals surface area contributed by atoms with E-state index < -0.39 is 6.04 Å². The highest BCUT2D eigenvalue weighted by molar-refractivity contribution is 5.88. The topological polar surface area (TPSA) is 49.4 Å². The van der Waals surface area contributed by atoms with Crippen molar-refractivity contribution in [2.24, 2.45) is 0 Å². The maximum absolute atomic E-state index is 13.5. The standard InChI is InChI=1S/C28H31FN2O2/c1-2-19-30-28(33)26(20-23-11-7-4-8-12-23)31(21-24-13-16-25(29)17-14-24)27(32)18-15-22-9-5-3-6-10-22/h3-14,16-17,26H,2,15,18-21H2,1H3,(H,30,33)/t26-/m1/s1. The van der Waals surface area contributed by atoms with Crippen molar-refractivity contribution in [3.8, 4) is 0 Å². The summed E-state index contributed by atoms with van der Waals surface area (Å²) in [6.07, 6.45) is 2.10. The first-order valence-electron chi connectivity index (χ1n) is 11.5. The fourth-order valence-corrected chi connectivity index (χ4v) is 3.75. The molecule has 0 aromatic heterocycles. The second kappa shape index (κ2) is 12.5. The molecule has 172 valence electrons. The normalized spacial score (nSPS) is 11.6. The van der Waals surface area contributed by atoms with E-state index >= 15 is 0 Å². The molecule has 0 radical (unpaired) electrons. The van der Waals surface area contributed by atoms with Gasteiger partial charge in [-0.2, -0.15) is 0 Å². The summed E-state index contributed by atoms with van der Waals surface area (Å²) < 4.78 is 13.5. The molecule has 3 aromatic carbocycles. The first kappa shape index (κ1) is 24.2. The molecular formula is C28H31FN2O2. The van der Waals surface area contributed by atoms with Crippen molar-refractivity contribution < 1.29 is 14.0 Å². The fraction of sp³-hybridized carbons (Fsp3) is 0.286. The Labute approximate surface area is 195 Å². The molecule has 0 saturated carbocycles. The molecule has 0 aliphatic rings. The van der Waals surface area contributed by atoms with E-state index in [4.69, 9.17) is 0 Å². The van der Waals surface area contributed by atoms with Crippen LogP contribution in [-0.4, -0.2) is 29.3 Å². The van der Waals surface area contributed by atoms with Gasteiger partial charge in [-0.05, 0) is 41.7 Å². The molecule has 5 heteroatoms. The minimum absolute atomic E-state index is 0.101. The number of carbonyl (C=O) groups is 2. The molecule has 3 aromatic rings. The van der Waals surface area contributed by atoms with E-state index in [2.05, 4.69) is 5.32 Å².